The van der Waals surface area contributed by atoms with E-state index in [9.17, 15) is 14.4 Å². The van der Waals surface area contributed by atoms with Gasteiger partial charge in [0.15, 0.2) is 11.5 Å². The van der Waals surface area contributed by atoms with E-state index < -0.39 is 11.2 Å². The fraction of sp³-hybridized carbons (Fsp3) is 0.333. The Hall–Kier alpha value is -3.62. The van der Waals surface area contributed by atoms with Crippen molar-refractivity contribution in [1.82, 2.24) is 19.9 Å². The first kappa shape index (κ1) is 21.1. The minimum Gasteiger partial charge on any atom is -0.490 e. The molecule has 0 aliphatic rings. The van der Waals surface area contributed by atoms with Crippen molar-refractivity contribution in [2.75, 3.05) is 13.2 Å². The first-order valence-corrected chi connectivity index (χ1v) is 9.75. The topological polar surface area (TPSA) is 115 Å². The molecule has 0 unspecified atom stereocenters. The van der Waals surface area contributed by atoms with Gasteiger partial charge in [0.25, 0.3) is 5.56 Å². The van der Waals surface area contributed by atoms with Crippen molar-refractivity contribution in [2.24, 2.45) is 0 Å². The van der Waals surface area contributed by atoms with Crippen LogP contribution in [0.4, 0.5) is 0 Å². The zero-order valence-electron chi connectivity index (χ0n) is 16.9. The molecule has 1 amide bonds. The Bertz CT molecular complexity index is 1140. The molecule has 0 saturated heterocycles. The summed E-state index contributed by atoms with van der Waals surface area (Å²) in [6.07, 6.45) is 3.30. The highest BCUT2D eigenvalue weighted by Gasteiger charge is 2.14. The average molecular weight is 412 g/mol. The number of carbonyl (C=O) groups excluding carboxylic acids is 1. The molecule has 0 spiro atoms. The Kier molecular flexibility index (Phi) is 6.84. The predicted molar refractivity (Wildman–Crippen MR) is 112 cm³/mol. The van der Waals surface area contributed by atoms with E-state index >= 15 is 0 Å². The van der Waals surface area contributed by atoms with Crippen molar-refractivity contribution >= 4 is 16.8 Å². The Morgan fingerprint density at radius 2 is 1.90 bits per heavy atom. The maximum absolute atomic E-state index is 12.9. The van der Waals surface area contributed by atoms with E-state index in [1.807, 2.05) is 19.9 Å². The SMILES string of the molecule is CCOc1cc2[nH]c(=O)n(CCC(=O)NCc3cccnc3)c(=O)c2cc1OCC. The zero-order chi connectivity index (χ0) is 21.5. The van der Waals surface area contributed by atoms with E-state index in [0.29, 0.717) is 36.8 Å². The molecule has 2 N–H and O–H groups in total. The van der Waals surface area contributed by atoms with E-state index in [4.69, 9.17) is 9.47 Å². The summed E-state index contributed by atoms with van der Waals surface area (Å²) in [5.41, 5.74) is 0.145. The highest BCUT2D eigenvalue weighted by molar-refractivity contribution is 5.81. The number of pyridine rings is 1. The minimum absolute atomic E-state index is 0.00982. The molecule has 0 aliphatic heterocycles. The van der Waals surface area contributed by atoms with Gasteiger partial charge in [0, 0.05) is 38.0 Å². The molecule has 0 bridgehead atoms. The summed E-state index contributed by atoms with van der Waals surface area (Å²) >= 11 is 0. The Morgan fingerprint density at radius 1 is 1.17 bits per heavy atom. The predicted octanol–water partition coefficient (Wildman–Crippen LogP) is 1.59. The van der Waals surface area contributed by atoms with Crippen LogP contribution >= 0.6 is 0 Å². The van der Waals surface area contributed by atoms with Crippen molar-refractivity contribution < 1.29 is 14.3 Å². The van der Waals surface area contributed by atoms with Crippen molar-refractivity contribution in [3.05, 3.63) is 63.1 Å². The number of aromatic amines is 1. The lowest BCUT2D eigenvalue weighted by atomic mass is 10.2. The summed E-state index contributed by atoms with van der Waals surface area (Å²) in [6, 6.07) is 6.76. The number of aromatic nitrogens is 3. The molecule has 2 aromatic heterocycles. The first-order chi connectivity index (χ1) is 14.5. The van der Waals surface area contributed by atoms with Crippen LogP contribution in [-0.4, -0.2) is 33.7 Å². The molecule has 9 heteroatoms. The number of H-pyrrole nitrogens is 1. The van der Waals surface area contributed by atoms with Crippen LogP contribution in [0.25, 0.3) is 10.9 Å². The van der Waals surface area contributed by atoms with Gasteiger partial charge in [-0.25, -0.2) is 4.79 Å². The average Bonchev–Trinajstić information content (AvgIpc) is 2.74. The van der Waals surface area contributed by atoms with Gasteiger partial charge < -0.3 is 19.8 Å². The van der Waals surface area contributed by atoms with E-state index in [-0.39, 0.29) is 24.3 Å². The fourth-order valence-electron chi connectivity index (χ4n) is 3.01. The fourth-order valence-corrected chi connectivity index (χ4v) is 3.01. The van der Waals surface area contributed by atoms with Gasteiger partial charge in [-0.3, -0.25) is 19.1 Å². The zero-order valence-corrected chi connectivity index (χ0v) is 16.9. The summed E-state index contributed by atoms with van der Waals surface area (Å²) in [5.74, 6) is 0.609. The monoisotopic (exact) mass is 412 g/mol. The van der Waals surface area contributed by atoms with Gasteiger partial charge in [0.1, 0.15) is 0 Å². The number of amides is 1. The molecule has 0 saturated carbocycles. The number of hydrogen-bond donors (Lipinski definition) is 2. The number of hydrogen-bond acceptors (Lipinski definition) is 6. The second kappa shape index (κ2) is 9.73. The third-order valence-electron chi connectivity index (χ3n) is 4.42. The number of carbonyl (C=O) groups is 1. The number of fused-ring (bicyclic) bond motifs is 1. The lowest BCUT2D eigenvalue weighted by Gasteiger charge is -2.13. The van der Waals surface area contributed by atoms with Crippen molar-refractivity contribution in [2.45, 2.75) is 33.4 Å². The Morgan fingerprint density at radius 3 is 2.57 bits per heavy atom. The van der Waals surface area contributed by atoms with Crippen LogP contribution in [0.5, 0.6) is 11.5 Å². The van der Waals surface area contributed by atoms with E-state index in [1.165, 1.54) is 0 Å². The Balaban J connectivity index is 1.80. The number of nitrogens with zero attached hydrogens (tertiary/aromatic N) is 2. The molecule has 1 aromatic carbocycles. The molecule has 0 aliphatic carbocycles. The number of benzene rings is 1. The Labute approximate surface area is 172 Å². The lowest BCUT2D eigenvalue weighted by molar-refractivity contribution is -0.121. The summed E-state index contributed by atoms with van der Waals surface area (Å²) in [5, 5.41) is 3.04. The lowest BCUT2D eigenvalue weighted by Crippen LogP contribution is -2.36. The van der Waals surface area contributed by atoms with Gasteiger partial charge in [-0.15, -0.1) is 0 Å². The molecule has 3 rings (SSSR count). The standard InChI is InChI=1S/C21H24N4O5/c1-3-29-17-10-15-16(11-18(17)30-4-2)24-21(28)25(20(15)27)9-7-19(26)23-13-14-6-5-8-22-12-14/h5-6,8,10-12H,3-4,7,9,13H2,1-2H3,(H,23,26)(H,24,28). The molecule has 158 valence electrons. The molecular weight excluding hydrogens is 388 g/mol. The molecule has 0 fully saturated rings. The number of ether oxygens (including phenoxy) is 2. The largest absolute Gasteiger partial charge is 0.490 e. The smallest absolute Gasteiger partial charge is 0.328 e. The maximum atomic E-state index is 12.9. The molecule has 3 aromatic rings. The highest BCUT2D eigenvalue weighted by Crippen LogP contribution is 2.30. The van der Waals surface area contributed by atoms with Crippen LogP contribution in [0.3, 0.4) is 0 Å². The van der Waals surface area contributed by atoms with Gasteiger partial charge >= 0.3 is 5.69 Å². The van der Waals surface area contributed by atoms with Crippen LogP contribution in [-0.2, 0) is 17.9 Å². The number of rotatable bonds is 9. The first-order valence-electron chi connectivity index (χ1n) is 9.75. The van der Waals surface area contributed by atoms with Gasteiger partial charge in [-0.1, -0.05) is 6.07 Å². The molecule has 9 nitrogen and oxygen atoms in total. The second-order valence-electron chi connectivity index (χ2n) is 6.49. The van der Waals surface area contributed by atoms with Crippen molar-refractivity contribution in [3.8, 4) is 11.5 Å². The maximum Gasteiger partial charge on any atom is 0.328 e. The summed E-state index contributed by atoms with van der Waals surface area (Å²) in [7, 11) is 0. The minimum atomic E-state index is -0.584. The van der Waals surface area contributed by atoms with Gasteiger partial charge in [-0.2, -0.15) is 0 Å². The van der Waals surface area contributed by atoms with Gasteiger partial charge in [0.2, 0.25) is 5.91 Å². The highest BCUT2D eigenvalue weighted by atomic mass is 16.5. The summed E-state index contributed by atoms with van der Waals surface area (Å²) in [6.45, 7) is 4.77. The van der Waals surface area contributed by atoms with E-state index in [0.717, 1.165) is 10.1 Å². The van der Waals surface area contributed by atoms with E-state index in [1.54, 1.807) is 30.6 Å². The molecule has 0 atom stereocenters. The summed E-state index contributed by atoms with van der Waals surface area (Å²) < 4.78 is 12.1. The second-order valence-corrected chi connectivity index (χ2v) is 6.49. The molecule has 0 radical (unpaired) electrons. The van der Waals surface area contributed by atoms with Gasteiger partial charge in [0.05, 0.1) is 24.1 Å². The van der Waals surface area contributed by atoms with Crippen LogP contribution in [0.15, 0.2) is 46.2 Å². The van der Waals surface area contributed by atoms with Crippen molar-refractivity contribution in [3.63, 3.8) is 0 Å². The van der Waals surface area contributed by atoms with Crippen LogP contribution in [0.1, 0.15) is 25.8 Å². The third kappa shape index (κ3) is 4.86. The van der Waals surface area contributed by atoms with Crippen LogP contribution in [0.2, 0.25) is 0 Å². The quantitative estimate of drug-likeness (QED) is 0.551. The van der Waals surface area contributed by atoms with E-state index in [2.05, 4.69) is 15.3 Å². The molecular formula is C21H24N4O5. The van der Waals surface area contributed by atoms with Crippen LogP contribution < -0.4 is 26.0 Å². The van der Waals surface area contributed by atoms with Crippen LogP contribution in [0, 0.1) is 0 Å². The molecule has 2 heterocycles. The summed E-state index contributed by atoms with van der Waals surface area (Å²) in [4.78, 5) is 44.1. The normalized spacial score (nSPS) is 10.7. The van der Waals surface area contributed by atoms with Gasteiger partial charge in [-0.05, 0) is 31.5 Å². The van der Waals surface area contributed by atoms with Crippen molar-refractivity contribution in [1.29, 1.82) is 0 Å². The number of nitrogens with one attached hydrogen (secondary N) is 2. The molecule has 30 heavy (non-hydrogen) atoms. The third-order valence-corrected chi connectivity index (χ3v) is 4.42.